The van der Waals surface area contributed by atoms with Crippen LogP contribution in [0, 0.1) is 5.92 Å². The van der Waals surface area contributed by atoms with E-state index < -0.39 is 0 Å². The van der Waals surface area contributed by atoms with Crippen LogP contribution in [0.1, 0.15) is 18.4 Å². The van der Waals surface area contributed by atoms with Gasteiger partial charge in [0.25, 0.3) is 0 Å². The molecule has 1 atom stereocenters. The number of halogens is 1. The molecule has 0 radical (unpaired) electrons. The number of hydrogen-bond donors (Lipinski definition) is 1. The first-order valence-corrected chi connectivity index (χ1v) is 5.67. The maximum absolute atomic E-state index is 5.95. The Morgan fingerprint density at radius 1 is 1.43 bits per heavy atom. The van der Waals surface area contributed by atoms with Crippen molar-refractivity contribution in [2.75, 3.05) is 13.1 Å². The lowest BCUT2D eigenvalue weighted by atomic mass is 9.92. The quantitative estimate of drug-likeness (QED) is 0.790. The predicted molar refractivity (Wildman–Crippen MR) is 60.7 cm³/mol. The van der Waals surface area contributed by atoms with E-state index in [1.807, 2.05) is 12.1 Å². The van der Waals surface area contributed by atoms with E-state index in [1.165, 1.54) is 24.9 Å². The van der Waals surface area contributed by atoms with Crippen LogP contribution in [0.15, 0.2) is 24.3 Å². The molecule has 0 saturated carbocycles. The number of hydrogen-bond acceptors (Lipinski definition) is 1. The van der Waals surface area contributed by atoms with Crippen molar-refractivity contribution in [1.29, 1.82) is 0 Å². The summed E-state index contributed by atoms with van der Waals surface area (Å²) < 4.78 is 0. The lowest BCUT2D eigenvalue weighted by molar-refractivity contribution is 0.376. The van der Waals surface area contributed by atoms with Gasteiger partial charge in [0.05, 0.1) is 0 Å². The van der Waals surface area contributed by atoms with Crippen LogP contribution in [0.2, 0.25) is 5.02 Å². The summed E-state index contributed by atoms with van der Waals surface area (Å²) in [5.41, 5.74) is 1.37. The van der Waals surface area contributed by atoms with Crippen molar-refractivity contribution in [3.8, 4) is 0 Å². The van der Waals surface area contributed by atoms with Gasteiger partial charge in [-0.2, -0.15) is 0 Å². The highest BCUT2D eigenvalue weighted by atomic mass is 35.5. The van der Waals surface area contributed by atoms with Crippen molar-refractivity contribution in [2.45, 2.75) is 19.3 Å². The van der Waals surface area contributed by atoms with Crippen LogP contribution in [0.5, 0.6) is 0 Å². The molecule has 1 heterocycles. The lowest BCUT2D eigenvalue weighted by Crippen LogP contribution is -2.30. The second-order valence-electron chi connectivity index (χ2n) is 4.05. The van der Waals surface area contributed by atoms with Gasteiger partial charge in [-0.25, -0.2) is 0 Å². The van der Waals surface area contributed by atoms with Crippen molar-refractivity contribution in [3.63, 3.8) is 0 Å². The Balaban J connectivity index is 1.95. The average Bonchev–Trinajstić information content (AvgIpc) is 2.19. The third-order valence-electron chi connectivity index (χ3n) is 2.81. The van der Waals surface area contributed by atoms with Crippen LogP contribution in [0.3, 0.4) is 0 Å². The van der Waals surface area contributed by atoms with Gasteiger partial charge in [0, 0.05) is 5.02 Å². The molecule has 0 aromatic heterocycles. The van der Waals surface area contributed by atoms with Crippen LogP contribution < -0.4 is 5.32 Å². The van der Waals surface area contributed by atoms with Gasteiger partial charge in [0.15, 0.2) is 0 Å². The van der Waals surface area contributed by atoms with E-state index >= 15 is 0 Å². The fourth-order valence-electron chi connectivity index (χ4n) is 2.10. The van der Waals surface area contributed by atoms with E-state index in [4.69, 9.17) is 11.6 Å². The molecule has 2 rings (SSSR count). The van der Waals surface area contributed by atoms with E-state index in [9.17, 15) is 0 Å². The molecule has 1 saturated heterocycles. The molecule has 1 aliphatic heterocycles. The average molecular weight is 210 g/mol. The van der Waals surface area contributed by atoms with Gasteiger partial charge in [0.1, 0.15) is 0 Å². The molecule has 1 fully saturated rings. The highest BCUT2D eigenvalue weighted by Crippen LogP contribution is 2.18. The summed E-state index contributed by atoms with van der Waals surface area (Å²) in [5.74, 6) is 0.794. The minimum atomic E-state index is 0.794. The minimum Gasteiger partial charge on any atom is -0.316 e. The molecule has 0 bridgehead atoms. The normalized spacial score (nSPS) is 22.2. The Morgan fingerprint density at radius 3 is 3.07 bits per heavy atom. The van der Waals surface area contributed by atoms with Crippen molar-refractivity contribution >= 4 is 11.6 Å². The lowest BCUT2D eigenvalue weighted by Gasteiger charge is -2.22. The Labute approximate surface area is 90.5 Å². The van der Waals surface area contributed by atoms with E-state index in [1.54, 1.807) is 0 Å². The van der Waals surface area contributed by atoms with E-state index in [-0.39, 0.29) is 0 Å². The first-order valence-electron chi connectivity index (χ1n) is 5.30. The van der Waals surface area contributed by atoms with Crippen LogP contribution in [-0.2, 0) is 6.42 Å². The number of benzene rings is 1. The summed E-state index contributed by atoms with van der Waals surface area (Å²) in [6, 6.07) is 8.22. The number of rotatable bonds is 2. The Bertz CT molecular complexity index is 292. The summed E-state index contributed by atoms with van der Waals surface area (Å²) in [6.45, 7) is 2.35. The van der Waals surface area contributed by atoms with Gasteiger partial charge < -0.3 is 5.32 Å². The summed E-state index contributed by atoms with van der Waals surface area (Å²) in [4.78, 5) is 0. The van der Waals surface area contributed by atoms with Crippen LogP contribution in [0.4, 0.5) is 0 Å². The van der Waals surface area contributed by atoms with Gasteiger partial charge in [0.2, 0.25) is 0 Å². The van der Waals surface area contributed by atoms with Crippen molar-refractivity contribution < 1.29 is 0 Å². The molecule has 0 aliphatic carbocycles. The van der Waals surface area contributed by atoms with Crippen LogP contribution in [0.25, 0.3) is 0 Å². The Kier molecular flexibility index (Phi) is 3.44. The largest absolute Gasteiger partial charge is 0.316 e. The molecule has 1 aromatic carbocycles. The van der Waals surface area contributed by atoms with Crippen molar-refractivity contribution in [2.24, 2.45) is 5.92 Å². The molecule has 1 N–H and O–H groups in total. The highest BCUT2D eigenvalue weighted by molar-refractivity contribution is 6.30. The monoisotopic (exact) mass is 209 g/mol. The molecule has 14 heavy (non-hydrogen) atoms. The smallest absolute Gasteiger partial charge is 0.0408 e. The molecule has 76 valence electrons. The molecule has 1 nitrogen and oxygen atoms in total. The van der Waals surface area contributed by atoms with Gasteiger partial charge >= 0.3 is 0 Å². The Hall–Kier alpha value is -0.530. The standard InChI is InChI=1S/C12H16ClN/c13-12-5-1-3-10(8-12)7-11-4-2-6-14-9-11/h1,3,5,8,11,14H,2,4,6-7,9H2/t11-/m0/s1. The second-order valence-corrected chi connectivity index (χ2v) is 4.48. The van der Waals surface area contributed by atoms with Crippen molar-refractivity contribution in [3.05, 3.63) is 34.9 Å². The molecule has 0 spiro atoms. The van der Waals surface area contributed by atoms with Crippen LogP contribution in [-0.4, -0.2) is 13.1 Å². The van der Waals surface area contributed by atoms with Gasteiger partial charge in [-0.15, -0.1) is 0 Å². The first kappa shape index (κ1) is 10.0. The molecule has 0 amide bonds. The van der Waals surface area contributed by atoms with Gasteiger partial charge in [-0.05, 0) is 56.0 Å². The SMILES string of the molecule is Clc1cccc(C[C@@H]2CCCNC2)c1. The number of nitrogens with one attached hydrogen (secondary N) is 1. The zero-order valence-corrected chi connectivity index (χ0v) is 9.06. The summed E-state index contributed by atoms with van der Waals surface area (Å²) >= 11 is 5.95. The summed E-state index contributed by atoms with van der Waals surface area (Å²) in [7, 11) is 0. The fraction of sp³-hybridized carbons (Fsp3) is 0.500. The molecule has 2 heteroatoms. The molecule has 1 aliphatic rings. The molecule has 1 aromatic rings. The van der Waals surface area contributed by atoms with Crippen molar-refractivity contribution in [1.82, 2.24) is 5.32 Å². The number of piperidine rings is 1. The molecular formula is C12H16ClN. The van der Waals surface area contributed by atoms with Gasteiger partial charge in [-0.3, -0.25) is 0 Å². The topological polar surface area (TPSA) is 12.0 Å². The third kappa shape index (κ3) is 2.73. The molecular weight excluding hydrogens is 194 g/mol. The second kappa shape index (κ2) is 4.81. The minimum absolute atomic E-state index is 0.794. The zero-order valence-electron chi connectivity index (χ0n) is 8.30. The van der Waals surface area contributed by atoms with E-state index in [2.05, 4.69) is 17.4 Å². The highest BCUT2D eigenvalue weighted by Gasteiger charge is 2.13. The fourth-order valence-corrected chi connectivity index (χ4v) is 2.31. The van der Waals surface area contributed by atoms with E-state index in [0.29, 0.717) is 0 Å². The first-order chi connectivity index (χ1) is 6.84. The predicted octanol–water partition coefficient (Wildman–Crippen LogP) is 2.88. The maximum Gasteiger partial charge on any atom is 0.0408 e. The van der Waals surface area contributed by atoms with E-state index in [0.717, 1.165) is 23.9 Å². The maximum atomic E-state index is 5.95. The molecule has 0 unspecified atom stereocenters. The third-order valence-corrected chi connectivity index (χ3v) is 3.05. The van der Waals surface area contributed by atoms with Crippen LogP contribution >= 0.6 is 11.6 Å². The summed E-state index contributed by atoms with van der Waals surface area (Å²) in [5, 5.41) is 4.29. The Morgan fingerprint density at radius 2 is 2.36 bits per heavy atom. The summed E-state index contributed by atoms with van der Waals surface area (Å²) in [6.07, 6.45) is 3.82. The van der Waals surface area contributed by atoms with Gasteiger partial charge in [-0.1, -0.05) is 23.7 Å². The zero-order chi connectivity index (χ0) is 9.80.